The fourth-order valence-corrected chi connectivity index (χ4v) is 1.70. The molecule has 0 fully saturated rings. The summed E-state index contributed by atoms with van der Waals surface area (Å²) < 4.78 is 0. The lowest BCUT2D eigenvalue weighted by Gasteiger charge is -2.22. The summed E-state index contributed by atoms with van der Waals surface area (Å²) in [5, 5.41) is 0. The van der Waals surface area contributed by atoms with Crippen molar-refractivity contribution in [3.05, 3.63) is 23.8 Å². The Labute approximate surface area is 96.5 Å². The van der Waals surface area contributed by atoms with Crippen LogP contribution in [0.4, 0.5) is 0 Å². The second kappa shape index (κ2) is 6.87. The van der Waals surface area contributed by atoms with Crippen molar-refractivity contribution in [2.24, 2.45) is 17.8 Å². The highest BCUT2D eigenvalue weighted by Gasteiger charge is 2.14. The molecule has 0 nitrogen and oxygen atoms in total. The number of allylic oxidation sites excluding steroid dienone is 3. The van der Waals surface area contributed by atoms with E-state index in [1.165, 1.54) is 24.0 Å². The molecular formula is C15H28. The monoisotopic (exact) mass is 208 g/mol. The molecule has 0 heteroatoms. The molecule has 0 saturated heterocycles. The zero-order valence-corrected chi connectivity index (χ0v) is 11.4. The molecule has 0 amide bonds. The van der Waals surface area contributed by atoms with Gasteiger partial charge in [0.1, 0.15) is 0 Å². The lowest BCUT2D eigenvalue weighted by molar-refractivity contribution is 0.394. The first kappa shape index (κ1) is 14.5. The highest BCUT2D eigenvalue weighted by Crippen LogP contribution is 2.26. The molecular weight excluding hydrogens is 180 g/mol. The minimum absolute atomic E-state index is 0.645. The van der Waals surface area contributed by atoms with Gasteiger partial charge in [-0.25, -0.2) is 0 Å². The van der Waals surface area contributed by atoms with Gasteiger partial charge in [-0.05, 0) is 38.0 Å². The Bertz CT molecular complexity index is 220. The van der Waals surface area contributed by atoms with Crippen LogP contribution in [0.25, 0.3) is 0 Å². The third kappa shape index (κ3) is 5.20. The van der Waals surface area contributed by atoms with Crippen LogP contribution in [0.3, 0.4) is 0 Å². The van der Waals surface area contributed by atoms with E-state index in [1.54, 1.807) is 0 Å². The molecule has 0 aliphatic heterocycles. The molecule has 0 aromatic heterocycles. The fraction of sp³-hybridized carbons (Fsp3) is 0.733. The predicted octanol–water partition coefficient (Wildman–Crippen LogP) is 5.22. The second-order valence-electron chi connectivity index (χ2n) is 5.14. The molecule has 0 bridgehead atoms. The van der Waals surface area contributed by atoms with Crippen molar-refractivity contribution in [2.75, 3.05) is 0 Å². The van der Waals surface area contributed by atoms with E-state index in [0.29, 0.717) is 11.8 Å². The first-order valence-electron chi connectivity index (χ1n) is 6.22. The molecule has 0 heterocycles. The smallest absolute Gasteiger partial charge is 0.0206 e. The average Bonchev–Trinajstić information content (AvgIpc) is 2.17. The quantitative estimate of drug-likeness (QED) is 0.525. The van der Waals surface area contributed by atoms with E-state index < -0.39 is 0 Å². The topological polar surface area (TPSA) is 0 Å². The number of rotatable bonds is 6. The van der Waals surface area contributed by atoms with Crippen molar-refractivity contribution in [1.82, 2.24) is 0 Å². The van der Waals surface area contributed by atoms with Crippen LogP contribution in [0.15, 0.2) is 23.8 Å². The number of hydrogen-bond donors (Lipinski definition) is 0. The van der Waals surface area contributed by atoms with Gasteiger partial charge in [-0.1, -0.05) is 57.9 Å². The number of hydrogen-bond acceptors (Lipinski definition) is 0. The van der Waals surface area contributed by atoms with E-state index in [9.17, 15) is 0 Å². The van der Waals surface area contributed by atoms with Gasteiger partial charge >= 0.3 is 0 Å². The molecule has 2 unspecified atom stereocenters. The zero-order chi connectivity index (χ0) is 12.0. The van der Waals surface area contributed by atoms with E-state index >= 15 is 0 Å². The Balaban J connectivity index is 4.35. The van der Waals surface area contributed by atoms with Crippen molar-refractivity contribution in [3.8, 4) is 0 Å². The van der Waals surface area contributed by atoms with Crippen molar-refractivity contribution >= 4 is 0 Å². The van der Waals surface area contributed by atoms with Gasteiger partial charge in [0.05, 0.1) is 0 Å². The lowest BCUT2D eigenvalue weighted by atomic mass is 9.84. The first-order valence-corrected chi connectivity index (χ1v) is 6.22. The third-order valence-electron chi connectivity index (χ3n) is 3.66. The van der Waals surface area contributed by atoms with Crippen LogP contribution >= 0.6 is 0 Å². The summed E-state index contributed by atoms with van der Waals surface area (Å²) in [7, 11) is 0. The lowest BCUT2D eigenvalue weighted by Crippen LogP contribution is -2.11. The first-order chi connectivity index (χ1) is 6.90. The standard InChI is InChI=1S/C15H28/c1-8-15(14(7)12(4)5)10-9-13(6)11(2)3/h9,11,14-15H,4,8,10H2,1-3,5-7H3. The molecule has 15 heavy (non-hydrogen) atoms. The van der Waals surface area contributed by atoms with Crippen LogP contribution in [0, 0.1) is 17.8 Å². The summed E-state index contributed by atoms with van der Waals surface area (Å²) in [5.41, 5.74) is 2.83. The van der Waals surface area contributed by atoms with Gasteiger partial charge in [0.15, 0.2) is 0 Å². The third-order valence-corrected chi connectivity index (χ3v) is 3.66. The van der Waals surface area contributed by atoms with E-state index in [2.05, 4.69) is 54.2 Å². The summed E-state index contributed by atoms with van der Waals surface area (Å²) in [6.45, 7) is 17.5. The SMILES string of the molecule is C=C(C)C(C)C(CC)CC=C(C)C(C)C. The van der Waals surface area contributed by atoms with E-state index in [0.717, 1.165) is 5.92 Å². The molecule has 0 spiro atoms. The van der Waals surface area contributed by atoms with Gasteiger partial charge < -0.3 is 0 Å². The van der Waals surface area contributed by atoms with Gasteiger partial charge in [-0.3, -0.25) is 0 Å². The molecule has 0 saturated carbocycles. The molecule has 0 aromatic carbocycles. The Hall–Kier alpha value is -0.520. The Morgan fingerprint density at radius 2 is 1.73 bits per heavy atom. The summed E-state index contributed by atoms with van der Waals surface area (Å²) in [6.07, 6.45) is 4.86. The summed E-state index contributed by atoms with van der Waals surface area (Å²) >= 11 is 0. The molecule has 0 aliphatic rings. The molecule has 0 aromatic rings. The minimum atomic E-state index is 0.645. The molecule has 0 N–H and O–H groups in total. The average molecular weight is 208 g/mol. The molecule has 0 rings (SSSR count). The van der Waals surface area contributed by atoms with Crippen molar-refractivity contribution < 1.29 is 0 Å². The van der Waals surface area contributed by atoms with Gasteiger partial charge in [-0.15, -0.1) is 0 Å². The highest BCUT2D eigenvalue weighted by molar-refractivity contribution is 5.04. The van der Waals surface area contributed by atoms with Gasteiger partial charge in [0.25, 0.3) is 0 Å². The molecule has 88 valence electrons. The fourth-order valence-electron chi connectivity index (χ4n) is 1.70. The second-order valence-corrected chi connectivity index (χ2v) is 5.14. The van der Waals surface area contributed by atoms with Crippen molar-refractivity contribution in [2.45, 2.75) is 54.4 Å². The molecule has 0 aliphatic carbocycles. The Morgan fingerprint density at radius 3 is 2.07 bits per heavy atom. The van der Waals surface area contributed by atoms with E-state index in [-0.39, 0.29) is 0 Å². The Morgan fingerprint density at radius 1 is 1.20 bits per heavy atom. The van der Waals surface area contributed by atoms with E-state index in [1.807, 2.05) is 0 Å². The van der Waals surface area contributed by atoms with Crippen molar-refractivity contribution in [1.29, 1.82) is 0 Å². The largest absolute Gasteiger partial charge is 0.0999 e. The predicted molar refractivity (Wildman–Crippen MR) is 71.0 cm³/mol. The summed E-state index contributed by atoms with van der Waals surface area (Å²) in [5.74, 6) is 2.09. The van der Waals surface area contributed by atoms with Crippen LogP contribution in [0.1, 0.15) is 54.4 Å². The summed E-state index contributed by atoms with van der Waals surface area (Å²) in [4.78, 5) is 0. The highest BCUT2D eigenvalue weighted by atomic mass is 14.2. The van der Waals surface area contributed by atoms with Gasteiger partial charge in [-0.2, -0.15) is 0 Å². The van der Waals surface area contributed by atoms with Gasteiger partial charge in [0.2, 0.25) is 0 Å². The van der Waals surface area contributed by atoms with E-state index in [4.69, 9.17) is 0 Å². The van der Waals surface area contributed by atoms with Crippen LogP contribution in [-0.4, -0.2) is 0 Å². The van der Waals surface area contributed by atoms with Crippen LogP contribution < -0.4 is 0 Å². The summed E-state index contributed by atoms with van der Waals surface area (Å²) in [6, 6.07) is 0. The van der Waals surface area contributed by atoms with Crippen LogP contribution in [0.5, 0.6) is 0 Å². The molecule has 0 radical (unpaired) electrons. The van der Waals surface area contributed by atoms with Gasteiger partial charge in [0, 0.05) is 0 Å². The zero-order valence-electron chi connectivity index (χ0n) is 11.4. The van der Waals surface area contributed by atoms with Crippen LogP contribution in [0.2, 0.25) is 0 Å². The maximum Gasteiger partial charge on any atom is -0.0206 e. The molecule has 2 atom stereocenters. The normalized spacial score (nSPS) is 16.6. The van der Waals surface area contributed by atoms with Crippen LogP contribution in [-0.2, 0) is 0 Å². The maximum atomic E-state index is 4.07. The van der Waals surface area contributed by atoms with Crippen molar-refractivity contribution in [3.63, 3.8) is 0 Å². The Kier molecular flexibility index (Phi) is 6.63. The minimum Gasteiger partial charge on any atom is -0.0999 e. The maximum absolute atomic E-state index is 4.07.